The number of rotatable bonds is 7. The van der Waals surface area contributed by atoms with Crippen molar-refractivity contribution in [1.29, 1.82) is 0 Å². The molecule has 0 saturated carbocycles. The molecule has 1 unspecified atom stereocenters. The highest BCUT2D eigenvalue weighted by Gasteiger charge is 2.40. The molecular formula is C27H38O6Si. The topological polar surface area (TPSA) is 63.2 Å². The summed E-state index contributed by atoms with van der Waals surface area (Å²) in [5.41, 5.74) is 2.99. The lowest BCUT2D eigenvalue weighted by atomic mass is 9.85. The summed E-state index contributed by atoms with van der Waals surface area (Å²) in [5.74, 6) is 3.16. The number of Topliss-reactive ketones (excluding diaryl/α,β-unsaturated/α-hetero) is 1. The predicted molar refractivity (Wildman–Crippen MR) is 137 cm³/mol. The fourth-order valence-electron chi connectivity index (χ4n) is 4.23. The second-order valence-corrected chi connectivity index (χ2v) is 15.0. The van der Waals surface area contributed by atoms with Gasteiger partial charge in [0.05, 0.1) is 28.4 Å². The highest BCUT2D eigenvalue weighted by molar-refractivity contribution is 6.74. The van der Waals surface area contributed by atoms with Crippen LogP contribution in [0, 0.1) is 0 Å². The highest BCUT2D eigenvalue weighted by atomic mass is 28.4. The molecule has 0 amide bonds. The monoisotopic (exact) mass is 486 g/mol. The van der Waals surface area contributed by atoms with Crippen molar-refractivity contribution in [2.45, 2.75) is 64.1 Å². The van der Waals surface area contributed by atoms with Gasteiger partial charge in [-0.25, -0.2) is 0 Å². The lowest BCUT2D eigenvalue weighted by molar-refractivity contribution is -0.119. The van der Waals surface area contributed by atoms with Gasteiger partial charge in [0.25, 0.3) is 8.32 Å². The molecular weight excluding hydrogens is 448 g/mol. The molecule has 2 aromatic rings. The third-order valence-corrected chi connectivity index (χ3v) is 11.5. The molecule has 0 spiro atoms. The van der Waals surface area contributed by atoms with Crippen LogP contribution in [0.25, 0.3) is 0 Å². The number of benzene rings is 2. The van der Waals surface area contributed by atoms with Gasteiger partial charge in [-0.15, -0.1) is 0 Å². The fraction of sp³-hybridized carbons (Fsp3) is 0.519. The maximum Gasteiger partial charge on any atom is 0.250 e. The number of hydrogen-bond donors (Lipinski definition) is 0. The second-order valence-electron chi connectivity index (χ2n) is 10.3. The zero-order valence-corrected chi connectivity index (χ0v) is 23.0. The van der Waals surface area contributed by atoms with E-state index in [1.807, 2.05) is 24.3 Å². The van der Waals surface area contributed by atoms with E-state index in [2.05, 4.69) is 33.9 Å². The van der Waals surface area contributed by atoms with E-state index in [4.69, 9.17) is 23.4 Å². The Morgan fingerprint density at radius 3 is 2.03 bits per heavy atom. The molecule has 2 aromatic carbocycles. The predicted octanol–water partition coefficient (Wildman–Crippen LogP) is 6.14. The summed E-state index contributed by atoms with van der Waals surface area (Å²) in [4.78, 5) is 12.9. The Bertz CT molecular complexity index is 1050. The fourth-order valence-corrected chi connectivity index (χ4v) is 5.24. The van der Waals surface area contributed by atoms with Crippen molar-refractivity contribution in [1.82, 2.24) is 0 Å². The van der Waals surface area contributed by atoms with Crippen molar-refractivity contribution in [2.75, 3.05) is 28.4 Å². The minimum atomic E-state index is -2.11. The van der Waals surface area contributed by atoms with Gasteiger partial charge in [0.2, 0.25) is 5.75 Å². The number of fused-ring (bicyclic) bond motifs is 1. The number of ether oxygens (including phenoxy) is 4. The zero-order chi connectivity index (χ0) is 25.3. The first-order valence-corrected chi connectivity index (χ1v) is 14.6. The molecule has 0 aromatic heterocycles. The van der Waals surface area contributed by atoms with Gasteiger partial charge in [0, 0.05) is 24.3 Å². The van der Waals surface area contributed by atoms with Crippen LogP contribution in [0.15, 0.2) is 24.3 Å². The Morgan fingerprint density at radius 1 is 0.824 bits per heavy atom. The number of hydrogen-bond acceptors (Lipinski definition) is 6. The van der Waals surface area contributed by atoms with Gasteiger partial charge in [-0.1, -0.05) is 26.8 Å². The van der Waals surface area contributed by atoms with Crippen molar-refractivity contribution >= 4 is 14.1 Å². The highest BCUT2D eigenvalue weighted by Crippen LogP contribution is 2.50. The summed E-state index contributed by atoms with van der Waals surface area (Å²) < 4.78 is 29.4. The van der Waals surface area contributed by atoms with Gasteiger partial charge in [-0.2, -0.15) is 0 Å². The number of methoxy groups -OCH3 is 4. The third-order valence-electron chi connectivity index (χ3n) is 7.17. The van der Waals surface area contributed by atoms with Gasteiger partial charge in [0.1, 0.15) is 11.5 Å². The number of aryl methyl sites for hydroxylation is 1. The Labute approximate surface area is 204 Å². The second kappa shape index (κ2) is 9.90. The Balaban J connectivity index is 2.21. The van der Waals surface area contributed by atoms with E-state index in [-0.39, 0.29) is 16.7 Å². The van der Waals surface area contributed by atoms with Gasteiger partial charge in [0.15, 0.2) is 17.2 Å². The maximum absolute atomic E-state index is 12.9. The van der Waals surface area contributed by atoms with Gasteiger partial charge in [-0.05, 0) is 53.9 Å². The van der Waals surface area contributed by atoms with Gasteiger partial charge in [-0.3, -0.25) is 4.79 Å². The van der Waals surface area contributed by atoms with Crippen molar-refractivity contribution in [3.8, 4) is 28.7 Å². The smallest absolute Gasteiger partial charge is 0.250 e. The van der Waals surface area contributed by atoms with Gasteiger partial charge >= 0.3 is 0 Å². The summed E-state index contributed by atoms with van der Waals surface area (Å²) in [6, 6.07) is 7.95. The Kier molecular flexibility index (Phi) is 7.55. The molecule has 1 aliphatic carbocycles. The summed E-state index contributed by atoms with van der Waals surface area (Å²) in [6.45, 7) is 11.0. The standard InChI is InChI=1S/C27H38O6Si/c1-27(2,3)34(8,9)33-22-14-17(11-13-21(22)29-4)20-16-19(28)12-10-18-15-23(30-5)25(31-6)26(32-7)24(18)20/h11,13-15,20H,10,12,16H2,1-9H3. The molecule has 0 fully saturated rings. The van der Waals surface area contributed by atoms with Crippen LogP contribution in [0.2, 0.25) is 18.1 Å². The molecule has 6 nitrogen and oxygen atoms in total. The average Bonchev–Trinajstić information content (AvgIpc) is 2.95. The number of ketones is 1. The van der Waals surface area contributed by atoms with E-state index in [0.717, 1.165) is 16.7 Å². The van der Waals surface area contributed by atoms with Crippen LogP contribution >= 0.6 is 0 Å². The normalized spacial score (nSPS) is 16.4. The van der Waals surface area contributed by atoms with Crippen LogP contribution in [-0.2, 0) is 11.2 Å². The van der Waals surface area contributed by atoms with Crippen LogP contribution in [0.4, 0.5) is 0 Å². The van der Waals surface area contributed by atoms with E-state index in [9.17, 15) is 4.79 Å². The largest absolute Gasteiger partial charge is 0.541 e. The van der Waals surface area contributed by atoms with E-state index in [0.29, 0.717) is 48.0 Å². The van der Waals surface area contributed by atoms with Gasteiger partial charge < -0.3 is 23.4 Å². The molecule has 0 aliphatic heterocycles. The quantitative estimate of drug-likeness (QED) is 0.346. The first-order valence-electron chi connectivity index (χ1n) is 11.7. The van der Waals surface area contributed by atoms with Crippen LogP contribution in [-0.4, -0.2) is 42.5 Å². The molecule has 1 atom stereocenters. The summed E-state index contributed by atoms with van der Waals surface area (Å²) in [6.07, 6.45) is 1.49. The molecule has 0 heterocycles. The molecule has 3 rings (SSSR count). The Morgan fingerprint density at radius 2 is 1.47 bits per heavy atom. The van der Waals surface area contributed by atoms with E-state index < -0.39 is 8.32 Å². The molecule has 1 aliphatic rings. The Hall–Kier alpha value is -2.67. The van der Waals surface area contributed by atoms with Crippen molar-refractivity contribution < 1.29 is 28.2 Å². The van der Waals surface area contributed by atoms with Crippen LogP contribution < -0.4 is 23.4 Å². The average molecular weight is 487 g/mol. The maximum atomic E-state index is 12.9. The summed E-state index contributed by atoms with van der Waals surface area (Å²) in [5, 5.41) is 0.0338. The first kappa shape index (κ1) is 25.9. The van der Waals surface area contributed by atoms with E-state index >= 15 is 0 Å². The zero-order valence-electron chi connectivity index (χ0n) is 22.0. The molecule has 0 bridgehead atoms. The molecule has 186 valence electrons. The van der Waals surface area contributed by atoms with E-state index in [1.165, 1.54) is 0 Å². The molecule has 34 heavy (non-hydrogen) atoms. The van der Waals surface area contributed by atoms with E-state index in [1.54, 1.807) is 28.4 Å². The SMILES string of the molecule is COc1ccc(C2CC(=O)CCc3cc(OC)c(OC)c(OC)c32)cc1O[Si](C)(C)C(C)(C)C. The van der Waals surface area contributed by atoms with Crippen LogP contribution in [0.1, 0.15) is 56.2 Å². The lowest BCUT2D eigenvalue weighted by Crippen LogP contribution is -2.44. The third kappa shape index (κ3) is 4.90. The number of carbonyl (C=O) groups excluding carboxylic acids is 1. The van der Waals surface area contributed by atoms with Crippen molar-refractivity contribution in [3.63, 3.8) is 0 Å². The molecule has 0 N–H and O–H groups in total. The number of carbonyl (C=O) groups is 1. The van der Waals surface area contributed by atoms with Crippen molar-refractivity contribution in [2.24, 2.45) is 0 Å². The van der Waals surface area contributed by atoms with Crippen molar-refractivity contribution in [3.05, 3.63) is 41.0 Å². The molecule has 0 saturated heterocycles. The minimum Gasteiger partial charge on any atom is -0.541 e. The van der Waals surface area contributed by atoms with Crippen LogP contribution in [0.5, 0.6) is 28.7 Å². The first-order chi connectivity index (χ1) is 16.0. The summed E-state index contributed by atoms with van der Waals surface area (Å²) in [7, 11) is 4.37. The minimum absolute atomic E-state index is 0.0338. The lowest BCUT2D eigenvalue weighted by Gasteiger charge is -2.37. The molecule has 0 radical (unpaired) electrons. The van der Waals surface area contributed by atoms with Crippen LogP contribution in [0.3, 0.4) is 0 Å². The summed E-state index contributed by atoms with van der Waals surface area (Å²) >= 11 is 0. The molecule has 7 heteroatoms.